The molecular weight excluding hydrogens is 414 g/mol. The van der Waals surface area contributed by atoms with Crippen LogP contribution in [0.4, 0.5) is 5.69 Å². The first-order valence-corrected chi connectivity index (χ1v) is 11.4. The number of anilines is 1. The van der Waals surface area contributed by atoms with Crippen molar-refractivity contribution in [1.82, 2.24) is 5.43 Å². The average molecular weight is 438 g/mol. The van der Waals surface area contributed by atoms with Gasteiger partial charge in [0.2, 0.25) is 10.0 Å². The van der Waals surface area contributed by atoms with Crippen molar-refractivity contribution in [3.63, 3.8) is 0 Å². The summed E-state index contributed by atoms with van der Waals surface area (Å²) in [6.07, 6.45) is 2.55. The number of ether oxygens (including phenoxy) is 1. The topological polar surface area (TPSA) is 88.1 Å². The fourth-order valence-electron chi connectivity index (χ4n) is 2.80. The van der Waals surface area contributed by atoms with Gasteiger partial charge in [0, 0.05) is 0 Å². The molecule has 0 saturated heterocycles. The molecule has 0 bridgehead atoms. The molecule has 0 heterocycles. The number of hydrazone groups is 1. The summed E-state index contributed by atoms with van der Waals surface area (Å²) in [7, 11) is -3.69. The number of benzene rings is 3. The van der Waals surface area contributed by atoms with Gasteiger partial charge in [-0.1, -0.05) is 48.0 Å². The summed E-state index contributed by atoms with van der Waals surface area (Å²) in [5.41, 5.74) is 4.61. The van der Waals surface area contributed by atoms with Crippen molar-refractivity contribution < 1.29 is 17.9 Å². The van der Waals surface area contributed by atoms with Gasteiger partial charge in [0.1, 0.15) is 18.0 Å². The average Bonchev–Trinajstić information content (AvgIpc) is 2.73. The SMILES string of the molecule is Cc1cccc(/C=N\NC(=O)CN(c2ccc(Oc3ccccc3)cc2)S(C)(=O)=O)c1. The lowest BCUT2D eigenvalue weighted by atomic mass is 10.2. The molecule has 0 unspecified atom stereocenters. The predicted molar refractivity (Wildman–Crippen MR) is 122 cm³/mol. The third-order valence-corrected chi connectivity index (χ3v) is 5.38. The molecule has 160 valence electrons. The lowest BCUT2D eigenvalue weighted by Gasteiger charge is -2.21. The Bertz CT molecular complexity index is 1160. The van der Waals surface area contributed by atoms with Gasteiger partial charge in [0.15, 0.2) is 0 Å². The van der Waals surface area contributed by atoms with Crippen molar-refractivity contribution in [2.24, 2.45) is 5.10 Å². The minimum absolute atomic E-state index is 0.348. The quantitative estimate of drug-likeness (QED) is 0.430. The summed E-state index contributed by atoms with van der Waals surface area (Å²) in [6, 6.07) is 23.3. The Kier molecular flexibility index (Phi) is 7.04. The van der Waals surface area contributed by atoms with Gasteiger partial charge in [0.25, 0.3) is 5.91 Å². The highest BCUT2D eigenvalue weighted by Gasteiger charge is 2.20. The fourth-order valence-corrected chi connectivity index (χ4v) is 3.66. The highest BCUT2D eigenvalue weighted by Crippen LogP contribution is 2.25. The molecule has 0 atom stereocenters. The van der Waals surface area contributed by atoms with Gasteiger partial charge in [-0.25, -0.2) is 13.8 Å². The van der Waals surface area contributed by atoms with Crippen LogP contribution >= 0.6 is 0 Å². The molecule has 0 aromatic heterocycles. The smallest absolute Gasteiger partial charge is 0.260 e. The molecule has 0 aliphatic carbocycles. The van der Waals surface area contributed by atoms with E-state index < -0.39 is 22.5 Å². The van der Waals surface area contributed by atoms with Crippen molar-refractivity contribution in [3.05, 3.63) is 90.0 Å². The Morgan fingerprint density at radius 3 is 2.32 bits per heavy atom. The number of hydrogen-bond acceptors (Lipinski definition) is 5. The number of para-hydroxylation sites is 1. The number of amides is 1. The number of aryl methyl sites for hydroxylation is 1. The Balaban J connectivity index is 1.66. The lowest BCUT2D eigenvalue weighted by Crippen LogP contribution is -2.39. The van der Waals surface area contributed by atoms with E-state index in [9.17, 15) is 13.2 Å². The van der Waals surface area contributed by atoms with Gasteiger partial charge >= 0.3 is 0 Å². The standard InChI is InChI=1S/C23H23N3O4S/c1-18-7-6-8-19(15-18)16-24-25-23(27)17-26(31(2,28)29)20-11-13-22(14-12-20)30-21-9-4-3-5-10-21/h3-16H,17H2,1-2H3,(H,25,27)/b24-16-. The van der Waals surface area contributed by atoms with E-state index >= 15 is 0 Å². The van der Waals surface area contributed by atoms with E-state index in [4.69, 9.17) is 4.74 Å². The maximum absolute atomic E-state index is 12.3. The highest BCUT2D eigenvalue weighted by molar-refractivity contribution is 7.92. The minimum atomic E-state index is -3.69. The summed E-state index contributed by atoms with van der Waals surface area (Å²) in [6.45, 7) is 1.55. The van der Waals surface area contributed by atoms with Crippen LogP contribution in [0.3, 0.4) is 0 Å². The third-order valence-electron chi connectivity index (χ3n) is 4.24. The van der Waals surface area contributed by atoms with E-state index in [2.05, 4.69) is 10.5 Å². The largest absolute Gasteiger partial charge is 0.457 e. The molecular formula is C23H23N3O4S. The van der Waals surface area contributed by atoms with Gasteiger partial charge in [-0.2, -0.15) is 5.10 Å². The molecule has 0 saturated carbocycles. The molecule has 0 fully saturated rings. The van der Waals surface area contributed by atoms with Gasteiger partial charge in [-0.15, -0.1) is 0 Å². The lowest BCUT2D eigenvalue weighted by molar-refractivity contribution is -0.119. The zero-order valence-corrected chi connectivity index (χ0v) is 18.0. The summed E-state index contributed by atoms with van der Waals surface area (Å²) in [5.74, 6) is 0.663. The summed E-state index contributed by atoms with van der Waals surface area (Å²) in [5, 5.41) is 3.91. The van der Waals surface area contributed by atoms with Crippen LogP contribution in [0.1, 0.15) is 11.1 Å². The molecule has 0 spiro atoms. The normalized spacial score (nSPS) is 11.3. The van der Waals surface area contributed by atoms with Crippen LogP contribution < -0.4 is 14.5 Å². The van der Waals surface area contributed by atoms with Crippen molar-refractivity contribution >= 4 is 27.8 Å². The number of carbonyl (C=O) groups excluding carboxylic acids is 1. The van der Waals surface area contributed by atoms with E-state index in [0.717, 1.165) is 21.7 Å². The predicted octanol–water partition coefficient (Wildman–Crippen LogP) is 3.70. The monoisotopic (exact) mass is 437 g/mol. The van der Waals surface area contributed by atoms with Crippen LogP contribution in [0.5, 0.6) is 11.5 Å². The van der Waals surface area contributed by atoms with Crippen LogP contribution in [0.15, 0.2) is 84.0 Å². The molecule has 8 heteroatoms. The zero-order valence-electron chi connectivity index (χ0n) is 17.2. The van der Waals surface area contributed by atoms with Crippen LogP contribution in [-0.4, -0.2) is 33.3 Å². The van der Waals surface area contributed by atoms with Crippen LogP contribution in [0.2, 0.25) is 0 Å². The fraction of sp³-hybridized carbons (Fsp3) is 0.130. The summed E-state index contributed by atoms with van der Waals surface area (Å²) < 4.78 is 31.2. The van der Waals surface area contributed by atoms with Crippen molar-refractivity contribution in [3.8, 4) is 11.5 Å². The number of carbonyl (C=O) groups is 1. The molecule has 7 nitrogen and oxygen atoms in total. The van der Waals surface area contributed by atoms with E-state index in [0.29, 0.717) is 17.2 Å². The van der Waals surface area contributed by atoms with E-state index in [-0.39, 0.29) is 0 Å². The van der Waals surface area contributed by atoms with Crippen molar-refractivity contribution in [1.29, 1.82) is 0 Å². The van der Waals surface area contributed by atoms with Gasteiger partial charge in [-0.3, -0.25) is 9.10 Å². The Morgan fingerprint density at radius 2 is 1.68 bits per heavy atom. The van der Waals surface area contributed by atoms with Crippen molar-refractivity contribution in [2.45, 2.75) is 6.92 Å². The van der Waals surface area contributed by atoms with E-state index in [1.54, 1.807) is 24.3 Å². The first kappa shape index (κ1) is 22.0. The Hall–Kier alpha value is -3.65. The summed E-state index contributed by atoms with van der Waals surface area (Å²) in [4.78, 5) is 12.3. The van der Waals surface area contributed by atoms with Crippen molar-refractivity contribution in [2.75, 3.05) is 17.1 Å². The first-order chi connectivity index (χ1) is 14.8. The van der Waals surface area contributed by atoms with E-state index in [1.165, 1.54) is 6.21 Å². The molecule has 1 N–H and O–H groups in total. The number of rotatable bonds is 8. The molecule has 3 aromatic carbocycles. The maximum atomic E-state index is 12.3. The molecule has 0 aliphatic heterocycles. The van der Waals surface area contributed by atoms with Gasteiger partial charge in [0.05, 0.1) is 18.2 Å². The van der Waals surface area contributed by atoms with Gasteiger partial charge in [-0.05, 0) is 48.9 Å². The number of sulfonamides is 1. The molecule has 3 rings (SSSR count). The molecule has 0 aliphatic rings. The second kappa shape index (κ2) is 9.90. The Labute approximate surface area is 182 Å². The molecule has 31 heavy (non-hydrogen) atoms. The number of hydrogen-bond donors (Lipinski definition) is 1. The zero-order chi connectivity index (χ0) is 22.3. The second-order valence-electron chi connectivity index (χ2n) is 6.89. The second-order valence-corrected chi connectivity index (χ2v) is 8.79. The van der Waals surface area contributed by atoms with Gasteiger partial charge < -0.3 is 4.74 Å². The Morgan fingerprint density at radius 1 is 1.00 bits per heavy atom. The first-order valence-electron chi connectivity index (χ1n) is 9.50. The third kappa shape index (κ3) is 6.68. The van der Waals surface area contributed by atoms with Crippen LogP contribution in [0, 0.1) is 6.92 Å². The maximum Gasteiger partial charge on any atom is 0.260 e. The molecule has 3 aromatic rings. The van der Waals surface area contributed by atoms with Crippen LogP contribution in [-0.2, 0) is 14.8 Å². The minimum Gasteiger partial charge on any atom is -0.457 e. The number of nitrogens with one attached hydrogen (secondary N) is 1. The summed E-state index contributed by atoms with van der Waals surface area (Å²) >= 11 is 0. The molecule has 1 amide bonds. The molecule has 0 radical (unpaired) electrons. The van der Waals surface area contributed by atoms with E-state index in [1.807, 2.05) is 61.5 Å². The number of nitrogens with zero attached hydrogens (tertiary/aromatic N) is 2. The highest BCUT2D eigenvalue weighted by atomic mass is 32.2. The van der Waals surface area contributed by atoms with Crippen LogP contribution in [0.25, 0.3) is 0 Å².